The third kappa shape index (κ3) is 9.70. The molecule has 0 aliphatic carbocycles. The van der Waals surface area contributed by atoms with Crippen molar-refractivity contribution in [3.63, 3.8) is 0 Å². The Bertz CT molecular complexity index is 397. The fraction of sp³-hybridized carbons (Fsp3) is 0.786. The molecule has 0 radical (unpaired) electrons. The van der Waals surface area contributed by atoms with Crippen molar-refractivity contribution in [2.24, 2.45) is 5.41 Å². The monoisotopic (exact) mass is 303 g/mol. The molecule has 0 aromatic rings. The number of aliphatic carboxylic acids is 2. The second-order valence-electron chi connectivity index (χ2n) is 6.85. The zero-order valence-electron chi connectivity index (χ0n) is 13.2. The average molecular weight is 303 g/mol. The Morgan fingerprint density at radius 2 is 1.62 bits per heavy atom. The molecule has 0 heterocycles. The highest BCUT2D eigenvalue weighted by Crippen LogP contribution is 2.29. The molecular formula is C14H25NO6. The van der Waals surface area contributed by atoms with Gasteiger partial charge in [-0.15, -0.1) is 0 Å². The number of carbonyl (C=O) groups excluding carboxylic acids is 1. The van der Waals surface area contributed by atoms with Gasteiger partial charge in [0.2, 0.25) is 0 Å². The van der Waals surface area contributed by atoms with E-state index in [0.717, 1.165) is 0 Å². The van der Waals surface area contributed by atoms with Crippen LogP contribution in [0.3, 0.4) is 0 Å². The van der Waals surface area contributed by atoms with E-state index in [4.69, 9.17) is 14.9 Å². The maximum absolute atomic E-state index is 11.8. The number of nitrogens with one attached hydrogen (secondary N) is 1. The van der Waals surface area contributed by atoms with Gasteiger partial charge in [0.1, 0.15) is 11.6 Å². The summed E-state index contributed by atoms with van der Waals surface area (Å²) in [6.45, 7) is 9.49. The van der Waals surface area contributed by atoms with Crippen LogP contribution in [0.5, 0.6) is 0 Å². The minimum absolute atomic E-state index is 0.0563. The lowest BCUT2D eigenvalue weighted by molar-refractivity contribution is -0.140. The second kappa shape index (κ2) is 7.28. The summed E-state index contributed by atoms with van der Waals surface area (Å²) in [6.07, 6.45) is -0.801. The molecule has 0 unspecified atom stereocenters. The van der Waals surface area contributed by atoms with Crippen molar-refractivity contribution in [1.82, 2.24) is 5.32 Å². The van der Waals surface area contributed by atoms with E-state index in [0.29, 0.717) is 6.42 Å². The Morgan fingerprint density at radius 3 is 2.00 bits per heavy atom. The molecule has 0 bridgehead atoms. The van der Waals surface area contributed by atoms with Gasteiger partial charge in [0, 0.05) is 6.42 Å². The van der Waals surface area contributed by atoms with Crippen molar-refractivity contribution in [2.45, 2.75) is 65.5 Å². The lowest BCUT2D eigenvalue weighted by Gasteiger charge is -2.32. The maximum atomic E-state index is 11.8. The molecule has 0 saturated heterocycles. The molecule has 0 spiro atoms. The first-order valence-electron chi connectivity index (χ1n) is 6.76. The van der Waals surface area contributed by atoms with E-state index >= 15 is 0 Å². The largest absolute Gasteiger partial charge is 0.481 e. The van der Waals surface area contributed by atoms with Crippen LogP contribution in [-0.2, 0) is 14.3 Å². The minimum atomic E-state index is -1.29. The zero-order valence-corrected chi connectivity index (χ0v) is 13.2. The number of rotatable bonds is 7. The summed E-state index contributed by atoms with van der Waals surface area (Å²) in [5.41, 5.74) is -0.808. The normalized spacial score (nSPS) is 13.4. The highest BCUT2D eigenvalue weighted by molar-refractivity contribution is 5.80. The van der Waals surface area contributed by atoms with E-state index in [1.807, 2.05) is 20.8 Å². The molecule has 1 atom stereocenters. The van der Waals surface area contributed by atoms with Crippen molar-refractivity contribution < 1.29 is 29.3 Å². The number of hydrogen-bond acceptors (Lipinski definition) is 4. The summed E-state index contributed by atoms with van der Waals surface area (Å²) < 4.78 is 5.24. The first-order chi connectivity index (χ1) is 9.32. The van der Waals surface area contributed by atoms with Crippen molar-refractivity contribution in [1.29, 1.82) is 0 Å². The van der Waals surface area contributed by atoms with Crippen LogP contribution in [0, 0.1) is 5.41 Å². The average Bonchev–Trinajstić information content (AvgIpc) is 2.18. The van der Waals surface area contributed by atoms with Crippen LogP contribution in [0.4, 0.5) is 4.79 Å². The van der Waals surface area contributed by atoms with Gasteiger partial charge in [-0.25, -0.2) is 9.59 Å². The summed E-state index contributed by atoms with van der Waals surface area (Å²) in [6, 6.07) is -1.28. The number of carboxylic acid groups (broad SMARTS) is 2. The number of ether oxygens (including phenoxy) is 1. The highest BCUT2D eigenvalue weighted by Gasteiger charge is 2.30. The zero-order chi connectivity index (χ0) is 16.8. The van der Waals surface area contributed by atoms with Gasteiger partial charge in [0.05, 0.1) is 0 Å². The van der Waals surface area contributed by atoms with Crippen molar-refractivity contribution >= 4 is 18.0 Å². The van der Waals surface area contributed by atoms with Crippen LogP contribution >= 0.6 is 0 Å². The molecule has 0 saturated carbocycles. The molecule has 0 aliphatic rings. The molecule has 0 aliphatic heterocycles. The predicted octanol–water partition coefficient (Wildman–Crippen LogP) is 2.25. The molecule has 0 aromatic heterocycles. The van der Waals surface area contributed by atoms with Gasteiger partial charge in [-0.2, -0.15) is 0 Å². The Morgan fingerprint density at radius 1 is 1.10 bits per heavy atom. The number of carbonyl (C=O) groups is 3. The standard InChI is InChI=1S/C14H25NO6/c1-13(2,3)8-14(4,5)21-12(20)15-9(11(18)19)6-7-10(16)17/h9H,6-8H2,1-5H3,(H,15,20)(H,16,17)(H,18,19)/t9-/m0/s1. The van der Waals surface area contributed by atoms with Crippen molar-refractivity contribution in [3.8, 4) is 0 Å². The van der Waals surface area contributed by atoms with Crippen LogP contribution < -0.4 is 5.32 Å². The third-order valence-corrected chi connectivity index (χ3v) is 2.56. The SMILES string of the molecule is CC(C)(C)CC(C)(C)OC(=O)N[C@@H](CCC(=O)O)C(=O)O. The number of hydrogen-bond donors (Lipinski definition) is 3. The quantitative estimate of drug-likeness (QED) is 0.664. The van der Waals surface area contributed by atoms with E-state index < -0.39 is 29.7 Å². The van der Waals surface area contributed by atoms with Crippen LogP contribution in [0.15, 0.2) is 0 Å². The topological polar surface area (TPSA) is 113 Å². The van der Waals surface area contributed by atoms with Crippen LogP contribution in [0.2, 0.25) is 0 Å². The van der Waals surface area contributed by atoms with Gasteiger partial charge < -0.3 is 20.3 Å². The lowest BCUT2D eigenvalue weighted by atomic mass is 9.84. The fourth-order valence-electron chi connectivity index (χ4n) is 2.26. The van der Waals surface area contributed by atoms with Crippen molar-refractivity contribution in [3.05, 3.63) is 0 Å². The second-order valence-corrected chi connectivity index (χ2v) is 6.85. The minimum Gasteiger partial charge on any atom is -0.481 e. The van der Waals surface area contributed by atoms with Crippen molar-refractivity contribution in [2.75, 3.05) is 0 Å². The molecule has 21 heavy (non-hydrogen) atoms. The Kier molecular flexibility index (Phi) is 6.66. The van der Waals surface area contributed by atoms with Gasteiger partial charge in [-0.3, -0.25) is 4.79 Å². The van der Waals surface area contributed by atoms with Gasteiger partial charge >= 0.3 is 18.0 Å². The van der Waals surface area contributed by atoms with E-state index in [9.17, 15) is 14.4 Å². The summed E-state index contributed by atoms with van der Waals surface area (Å²) >= 11 is 0. The molecular weight excluding hydrogens is 278 g/mol. The number of carboxylic acids is 2. The van der Waals surface area contributed by atoms with Crippen LogP contribution in [0.1, 0.15) is 53.9 Å². The number of alkyl carbamates (subject to hydrolysis) is 1. The fourth-order valence-corrected chi connectivity index (χ4v) is 2.26. The first-order valence-corrected chi connectivity index (χ1v) is 6.76. The molecule has 7 heteroatoms. The molecule has 0 aromatic carbocycles. The van der Waals surface area contributed by atoms with E-state index in [1.165, 1.54) is 0 Å². The summed E-state index contributed by atoms with van der Waals surface area (Å²) in [5.74, 6) is -2.41. The van der Waals surface area contributed by atoms with Gasteiger partial charge in [-0.1, -0.05) is 20.8 Å². The summed E-state index contributed by atoms with van der Waals surface area (Å²) in [7, 11) is 0. The van der Waals surface area contributed by atoms with Gasteiger partial charge in [-0.05, 0) is 32.1 Å². The predicted molar refractivity (Wildman–Crippen MR) is 76.1 cm³/mol. The number of amides is 1. The van der Waals surface area contributed by atoms with Gasteiger partial charge in [0.15, 0.2) is 0 Å². The smallest absolute Gasteiger partial charge is 0.408 e. The lowest BCUT2D eigenvalue weighted by Crippen LogP contribution is -2.45. The summed E-state index contributed by atoms with van der Waals surface area (Å²) in [4.78, 5) is 33.2. The van der Waals surface area contributed by atoms with Gasteiger partial charge in [0.25, 0.3) is 0 Å². The highest BCUT2D eigenvalue weighted by atomic mass is 16.6. The maximum Gasteiger partial charge on any atom is 0.408 e. The van der Waals surface area contributed by atoms with E-state index in [1.54, 1.807) is 13.8 Å². The Hall–Kier alpha value is -1.79. The van der Waals surface area contributed by atoms with E-state index in [-0.39, 0.29) is 18.3 Å². The third-order valence-electron chi connectivity index (χ3n) is 2.56. The van der Waals surface area contributed by atoms with E-state index in [2.05, 4.69) is 5.32 Å². The molecule has 0 fully saturated rings. The van der Waals surface area contributed by atoms with Crippen LogP contribution in [-0.4, -0.2) is 39.9 Å². The van der Waals surface area contributed by atoms with Crippen LogP contribution in [0.25, 0.3) is 0 Å². The molecule has 122 valence electrons. The molecule has 1 amide bonds. The molecule has 3 N–H and O–H groups in total. The molecule has 7 nitrogen and oxygen atoms in total. The summed E-state index contributed by atoms with van der Waals surface area (Å²) in [5, 5.41) is 19.7. The first kappa shape index (κ1) is 19.2. The Balaban J connectivity index is 4.56. The molecule has 0 rings (SSSR count). The Labute approximate surface area is 124 Å².